The Hall–Kier alpha value is -3.85. The summed E-state index contributed by atoms with van der Waals surface area (Å²) in [6.45, 7) is 7.76. The Morgan fingerprint density at radius 2 is 0.884 bits per heavy atom. The van der Waals surface area contributed by atoms with Crippen molar-refractivity contribution in [3.05, 3.63) is 108 Å². The number of anilines is 2. The van der Waals surface area contributed by atoms with Gasteiger partial charge in [-0.15, -0.1) is 12.4 Å². The van der Waals surface area contributed by atoms with Crippen molar-refractivity contribution in [3.63, 3.8) is 0 Å². The molecule has 0 bridgehead atoms. The molecule has 3 heterocycles. The zero-order valence-corrected chi connectivity index (χ0v) is 24.8. The van der Waals surface area contributed by atoms with E-state index in [1.165, 1.54) is 12.1 Å². The van der Waals surface area contributed by atoms with Gasteiger partial charge in [0.25, 0.3) is 0 Å². The molecule has 0 radical (unpaired) electrons. The summed E-state index contributed by atoms with van der Waals surface area (Å²) < 4.78 is 28.8. The number of rotatable bonds is 6. The van der Waals surface area contributed by atoms with E-state index in [9.17, 15) is 8.78 Å². The number of hydrogen-bond acceptors (Lipinski definition) is 6. The second-order valence-corrected chi connectivity index (χ2v) is 11.2. The van der Waals surface area contributed by atoms with E-state index in [4.69, 9.17) is 9.97 Å². The molecule has 0 unspecified atom stereocenters. The van der Waals surface area contributed by atoms with Gasteiger partial charge in [0.2, 0.25) is 0 Å². The first-order chi connectivity index (χ1) is 20.6. The van der Waals surface area contributed by atoms with E-state index in [0.29, 0.717) is 24.5 Å². The van der Waals surface area contributed by atoms with Crippen LogP contribution in [-0.2, 0) is 13.1 Å². The number of benzene rings is 4. The van der Waals surface area contributed by atoms with E-state index < -0.39 is 0 Å². The van der Waals surface area contributed by atoms with Crippen molar-refractivity contribution in [3.8, 4) is 0 Å². The average Bonchev–Trinajstić information content (AvgIpc) is 3.02. The molecule has 0 N–H and O–H groups in total. The van der Waals surface area contributed by atoms with Crippen LogP contribution in [0.15, 0.2) is 84.9 Å². The fourth-order valence-corrected chi connectivity index (χ4v) is 6.20. The van der Waals surface area contributed by atoms with Gasteiger partial charge in [0, 0.05) is 65.4 Å². The van der Waals surface area contributed by atoms with E-state index in [1.54, 1.807) is 12.1 Å². The third-order valence-corrected chi connectivity index (χ3v) is 8.56. The molecule has 0 spiro atoms. The highest BCUT2D eigenvalue weighted by Gasteiger charge is 2.24. The second kappa shape index (κ2) is 12.8. The maximum atomic E-state index is 14.4. The topological polar surface area (TPSA) is 38.7 Å². The summed E-state index contributed by atoms with van der Waals surface area (Å²) in [6, 6.07) is 26.6. The molecule has 0 amide bonds. The summed E-state index contributed by atoms with van der Waals surface area (Å²) in [5, 5.41) is 2.31. The van der Waals surface area contributed by atoms with Gasteiger partial charge in [-0.2, -0.15) is 0 Å². The van der Waals surface area contributed by atoms with Gasteiger partial charge < -0.3 is 9.80 Å². The van der Waals surface area contributed by atoms with Gasteiger partial charge in [-0.3, -0.25) is 9.80 Å². The van der Waals surface area contributed by atoms with E-state index in [-0.39, 0.29) is 24.0 Å². The first-order valence-electron chi connectivity index (χ1n) is 14.7. The Morgan fingerprint density at radius 1 is 0.512 bits per heavy atom. The van der Waals surface area contributed by atoms with Crippen molar-refractivity contribution in [1.82, 2.24) is 19.8 Å². The number of hydrogen-bond donors (Lipinski definition) is 0. The van der Waals surface area contributed by atoms with Crippen LogP contribution >= 0.6 is 12.4 Å². The molecule has 2 fully saturated rings. The molecule has 9 heteroatoms. The van der Waals surface area contributed by atoms with Crippen molar-refractivity contribution in [2.24, 2.45) is 0 Å². The van der Waals surface area contributed by atoms with Crippen molar-refractivity contribution in [1.29, 1.82) is 0 Å². The van der Waals surface area contributed by atoms with Gasteiger partial charge in [0.15, 0.2) is 0 Å². The zero-order valence-electron chi connectivity index (χ0n) is 24.0. The molecular formula is C34H35ClF2N6. The van der Waals surface area contributed by atoms with Crippen LogP contribution in [0.2, 0.25) is 0 Å². The minimum atomic E-state index is -0.170. The van der Waals surface area contributed by atoms with Crippen LogP contribution in [0, 0.1) is 11.6 Å². The smallest absolute Gasteiger partial charge is 0.146 e. The SMILES string of the molecule is Cl.Fc1ccccc1N1CCN(Cc2nc3cc4ccccc4cc3nc2CN2CCN(c3ccccc3F)CC2)CC1. The first kappa shape index (κ1) is 29.2. The summed E-state index contributed by atoms with van der Waals surface area (Å²) >= 11 is 0. The van der Waals surface area contributed by atoms with Crippen LogP contribution in [0.4, 0.5) is 20.2 Å². The van der Waals surface area contributed by atoms with Crippen LogP contribution in [0.3, 0.4) is 0 Å². The van der Waals surface area contributed by atoms with Crippen LogP contribution in [-0.4, -0.2) is 72.1 Å². The van der Waals surface area contributed by atoms with Crippen molar-refractivity contribution < 1.29 is 8.78 Å². The summed E-state index contributed by atoms with van der Waals surface area (Å²) in [5.41, 5.74) is 5.14. The highest BCUT2D eigenvalue weighted by molar-refractivity contribution is 5.94. The third kappa shape index (κ3) is 6.27. The minimum Gasteiger partial charge on any atom is -0.367 e. The van der Waals surface area contributed by atoms with E-state index in [0.717, 1.165) is 85.6 Å². The van der Waals surface area contributed by atoms with Crippen LogP contribution in [0.1, 0.15) is 11.4 Å². The molecular weight excluding hydrogens is 566 g/mol. The molecule has 2 saturated heterocycles. The molecule has 7 rings (SSSR count). The van der Waals surface area contributed by atoms with Gasteiger partial charge in [-0.05, 0) is 47.2 Å². The predicted octanol–water partition coefficient (Wildman–Crippen LogP) is 6.13. The van der Waals surface area contributed by atoms with Crippen LogP contribution in [0.5, 0.6) is 0 Å². The van der Waals surface area contributed by atoms with E-state index in [2.05, 4.69) is 43.9 Å². The summed E-state index contributed by atoms with van der Waals surface area (Å²) in [6.07, 6.45) is 0. The van der Waals surface area contributed by atoms with E-state index >= 15 is 0 Å². The van der Waals surface area contributed by atoms with Gasteiger partial charge >= 0.3 is 0 Å². The maximum Gasteiger partial charge on any atom is 0.146 e. The minimum absolute atomic E-state index is 0. The monoisotopic (exact) mass is 600 g/mol. The molecule has 4 aromatic carbocycles. The number of para-hydroxylation sites is 2. The lowest BCUT2D eigenvalue weighted by molar-refractivity contribution is 0.232. The molecule has 0 atom stereocenters. The number of nitrogens with zero attached hydrogens (tertiary/aromatic N) is 6. The Labute approximate surface area is 257 Å². The molecule has 2 aliphatic heterocycles. The van der Waals surface area contributed by atoms with Crippen molar-refractivity contribution in [2.75, 3.05) is 62.2 Å². The van der Waals surface area contributed by atoms with Crippen molar-refractivity contribution in [2.45, 2.75) is 13.1 Å². The molecule has 222 valence electrons. The molecule has 43 heavy (non-hydrogen) atoms. The molecule has 1 aromatic heterocycles. The predicted molar refractivity (Wildman–Crippen MR) is 172 cm³/mol. The summed E-state index contributed by atoms with van der Waals surface area (Å²) in [7, 11) is 0. The van der Waals surface area contributed by atoms with Crippen molar-refractivity contribution >= 4 is 45.6 Å². The van der Waals surface area contributed by atoms with Crippen LogP contribution < -0.4 is 9.80 Å². The standard InChI is InChI=1S/C34H34F2N6.ClH/c35-27-9-3-5-11-33(27)41-17-13-39(14-18-41)23-31-32(38-30-22-26-8-2-1-7-25(26)21-29(30)37-31)24-40-15-19-42(20-16-40)34-12-6-4-10-28(34)36;/h1-12,21-22H,13-20,23-24H2;1H. The maximum absolute atomic E-state index is 14.4. The number of aromatic nitrogens is 2. The first-order valence-corrected chi connectivity index (χ1v) is 14.7. The van der Waals surface area contributed by atoms with Crippen LogP contribution in [0.25, 0.3) is 21.8 Å². The number of fused-ring (bicyclic) bond motifs is 2. The Kier molecular flexibility index (Phi) is 8.70. The molecule has 5 aromatic rings. The normalized spacial score (nSPS) is 16.5. The Bertz CT molecular complexity index is 1590. The highest BCUT2D eigenvalue weighted by Crippen LogP contribution is 2.26. The average molecular weight is 601 g/mol. The fraction of sp³-hybridized carbons (Fsp3) is 0.294. The van der Waals surface area contributed by atoms with Gasteiger partial charge in [0.1, 0.15) is 11.6 Å². The highest BCUT2D eigenvalue weighted by atomic mass is 35.5. The Balaban J connectivity index is 0.00000329. The van der Waals surface area contributed by atoms with Gasteiger partial charge in [-0.25, -0.2) is 18.7 Å². The fourth-order valence-electron chi connectivity index (χ4n) is 6.20. The zero-order chi connectivity index (χ0) is 28.5. The lowest BCUT2D eigenvalue weighted by Crippen LogP contribution is -2.47. The largest absolute Gasteiger partial charge is 0.367 e. The second-order valence-electron chi connectivity index (χ2n) is 11.2. The molecule has 6 nitrogen and oxygen atoms in total. The summed E-state index contributed by atoms with van der Waals surface area (Å²) in [5.74, 6) is -0.341. The molecule has 0 saturated carbocycles. The van der Waals surface area contributed by atoms with E-state index in [1.807, 2.05) is 36.4 Å². The van der Waals surface area contributed by atoms with Gasteiger partial charge in [0.05, 0.1) is 33.8 Å². The lowest BCUT2D eigenvalue weighted by Gasteiger charge is -2.37. The quantitative estimate of drug-likeness (QED) is 0.219. The molecule has 0 aliphatic carbocycles. The molecule has 2 aliphatic rings. The summed E-state index contributed by atoms with van der Waals surface area (Å²) in [4.78, 5) is 19.4. The van der Waals surface area contributed by atoms with Gasteiger partial charge in [-0.1, -0.05) is 48.5 Å². The Morgan fingerprint density at radius 3 is 1.28 bits per heavy atom. The number of piperazine rings is 2. The number of halogens is 3. The third-order valence-electron chi connectivity index (χ3n) is 8.56. The lowest BCUT2D eigenvalue weighted by atomic mass is 10.1.